The number of nitrogens with two attached hydrogens (primary N) is 1. The molecule has 2 N–H and O–H groups in total. The van der Waals surface area contributed by atoms with Crippen molar-refractivity contribution in [1.82, 2.24) is 0 Å². The van der Waals surface area contributed by atoms with E-state index in [0.29, 0.717) is 15.7 Å². The molecule has 2 aromatic carbocycles. The number of nitrogen functional groups attached to an aromatic ring is 1. The Balaban J connectivity index is 2.24. The van der Waals surface area contributed by atoms with Crippen LogP contribution in [0, 0.1) is 5.82 Å². The van der Waals surface area contributed by atoms with Gasteiger partial charge in [-0.05, 0) is 49.2 Å². The van der Waals surface area contributed by atoms with Crippen LogP contribution in [-0.4, -0.2) is 5.78 Å². The minimum absolute atomic E-state index is 0.0338. The number of carbonyl (C=O) groups excluding carboxylic acids is 1. The maximum Gasteiger partial charge on any atom is 0.147 e. The number of rotatable bonds is 4. The second-order valence-corrected chi connectivity index (χ2v) is 6.50. The second-order valence-electron chi connectivity index (χ2n) is 5.58. The van der Waals surface area contributed by atoms with E-state index in [0.717, 1.165) is 5.56 Å². The van der Waals surface area contributed by atoms with Gasteiger partial charge in [0, 0.05) is 22.0 Å². The van der Waals surface area contributed by atoms with Crippen molar-refractivity contribution in [2.24, 2.45) is 0 Å². The van der Waals surface area contributed by atoms with Crippen molar-refractivity contribution in [3.05, 3.63) is 63.9 Å². The van der Waals surface area contributed by atoms with E-state index < -0.39 is 5.41 Å². The van der Waals surface area contributed by atoms with Gasteiger partial charge in [0.1, 0.15) is 11.6 Å². The third kappa shape index (κ3) is 3.50. The topological polar surface area (TPSA) is 43.1 Å². The molecule has 0 heterocycles. The first-order chi connectivity index (χ1) is 9.80. The molecule has 110 valence electrons. The molecular weight excluding hydrogens is 333 g/mol. The summed E-state index contributed by atoms with van der Waals surface area (Å²) in [6.45, 7) is 3.69. The van der Waals surface area contributed by atoms with Gasteiger partial charge in [-0.3, -0.25) is 4.79 Å². The summed E-state index contributed by atoms with van der Waals surface area (Å²) in [5.41, 5.74) is 6.91. The van der Waals surface area contributed by atoms with E-state index in [1.165, 1.54) is 6.07 Å². The number of ketones is 1. The summed E-state index contributed by atoms with van der Waals surface area (Å²) in [5, 5.41) is 0. The lowest BCUT2D eigenvalue weighted by Crippen LogP contribution is -2.30. The molecule has 0 unspecified atom stereocenters. The van der Waals surface area contributed by atoms with E-state index >= 15 is 0 Å². The fraction of sp³-hybridized carbons (Fsp3) is 0.235. The number of anilines is 1. The molecule has 21 heavy (non-hydrogen) atoms. The van der Waals surface area contributed by atoms with E-state index in [2.05, 4.69) is 15.9 Å². The Morgan fingerprint density at radius 2 is 1.81 bits per heavy atom. The van der Waals surface area contributed by atoms with Crippen LogP contribution in [0.25, 0.3) is 0 Å². The molecule has 0 aliphatic rings. The zero-order valence-electron chi connectivity index (χ0n) is 12.0. The number of benzene rings is 2. The second kappa shape index (κ2) is 5.98. The molecule has 0 radical (unpaired) electrons. The Bertz CT molecular complexity index is 665. The number of Topliss-reactive ketones (excluding diaryl/α,β-unsaturated/α-hetero) is 1. The number of carbonyl (C=O) groups is 1. The smallest absolute Gasteiger partial charge is 0.147 e. The van der Waals surface area contributed by atoms with Crippen LogP contribution in [-0.2, 0) is 16.6 Å². The lowest BCUT2D eigenvalue weighted by atomic mass is 9.78. The maximum atomic E-state index is 13.9. The number of hydrogen-bond donors (Lipinski definition) is 1. The predicted octanol–water partition coefficient (Wildman–Crippen LogP) is 4.26. The third-order valence-corrected chi connectivity index (χ3v) is 4.19. The van der Waals surface area contributed by atoms with Crippen molar-refractivity contribution >= 4 is 27.4 Å². The molecule has 0 aliphatic heterocycles. The van der Waals surface area contributed by atoms with Gasteiger partial charge in [-0.25, -0.2) is 4.39 Å². The summed E-state index contributed by atoms with van der Waals surface area (Å²) < 4.78 is 14.5. The minimum Gasteiger partial charge on any atom is -0.399 e. The molecule has 0 atom stereocenters. The molecule has 0 aliphatic carbocycles. The standard InChI is InChI=1S/C17H17BrFNO/c1-17(2,12-4-7-14(20)8-5-12)16(21)9-11-3-6-13(18)10-15(11)19/h3-8,10H,9,20H2,1-2H3. The third-order valence-electron chi connectivity index (χ3n) is 3.70. The first kappa shape index (κ1) is 15.7. The summed E-state index contributed by atoms with van der Waals surface area (Å²) in [4.78, 5) is 12.5. The van der Waals surface area contributed by atoms with Gasteiger partial charge in [-0.2, -0.15) is 0 Å². The van der Waals surface area contributed by atoms with Crippen LogP contribution >= 0.6 is 15.9 Å². The Hall–Kier alpha value is -1.68. The van der Waals surface area contributed by atoms with Crippen LogP contribution in [0.15, 0.2) is 46.9 Å². The van der Waals surface area contributed by atoms with E-state index in [4.69, 9.17) is 5.73 Å². The fourth-order valence-electron chi connectivity index (χ4n) is 2.12. The quantitative estimate of drug-likeness (QED) is 0.838. The van der Waals surface area contributed by atoms with Gasteiger partial charge < -0.3 is 5.73 Å². The number of hydrogen-bond acceptors (Lipinski definition) is 2. The van der Waals surface area contributed by atoms with Crippen LogP contribution in [0.1, 0.15) is 25.0 Å². The summed E-state index contributed by atoms with van der Waals surface area (Å²) in [6.07, 6.45) is 0.0660. The minimum atomic E-state index is -0.687. The van der Waals surface area contributed by atoms with Crippen molar-refractivity contribution in [3.8, 4) is 0 Å². The average Bonchev–Trinajstić information content (AvgIpc) is 2.42. The largest absolute Gasteiger partial charge is 0.399 e. The van der Waals surface area contributed by atoms with Crippen molar-refractivity contribution < 1.29 is 9.18 Å². The molecule has 0 aromatic heterocycles. The predicted molar refractivity (Wildman–Crippen MR) is 86.7 cm³/mol. The van der Waals surface area contributed by atoms with E-state index in [1.807, 2.05) is 26.0 Å². The SMILES string of the molecule is CC(C)(C(=O)Cc1ccc(Br)cc1F)c1ccc(N)cc1. The van der Waals surface area contributed by atoms with E-state index in [-0.39, 0.29) is 18.0 Å². The van der Waals surface area contributed by atoms with Crippen LogP contribution < -0.4 is 5.73 Å². The van der Waals surface area contributed by atoms with Crippen LogP contribution in [0.2, 0.25) is 0 Å². The molecule has 4 heteroatoms. The Labute approximate surface area is 132 Å². The summed E-state index contributed by atoms with van der Waals surface area (Å²) >= 11 is 3.21. The molecule has 0 spiro atoms. The van der Waals surface area contributed by atoms with Crippen molar-refractivity contribution in [3.63, 3.8) is 0 Å². The molecule has 2 aromatic rings. The van der Waals surface area contributed by atoms with Gasteiger partial charge in [0.2, 0.25) is 0 Å². The summed E-state index contributed by atoms with van der Waals surface area (Å²) in [7, 11) is 0. The van der Waals surface area contributed by atoms with Crippen LogP contribution in [0.5, 0.6) is 0 Å². The van der Waals surface area contributed by atoms with E-state index in [1.54, 1.807) is 24.3 Å². The van der Waals surface area contributed by atoms with Gasteiger partial charge in [-0.15, -0.1) is 0 Å². The van der Waals surface area contributed by atoms with Crippen molar-refractivity contribution in [2.75, 3.05) is 5.73 Å². The number of halogens is 2. The Morgan fingerprint density at radius 1 is 1.19 bits per heavy atom. The van der Waals surface area contributed by atoms with Crippen molar-refractivity contribution in [1.29, 1.82) is 0 Å². The van der Waals surface area contributed by atoms with Crippen LogP contribution in [0.3, 0.4) is 0 Å². The molecule has 0 fully saturated rings. The fourth-order valence-corrected chi connectivity index (χ4v) is 2.45. The van der Waals surface area contributed by atoms with Gasteiger partial charge in [0.05, 0.1) is 0 Å². The van der Waals surface area contributed by atoms with E-state index in [9.17, 15) is 9.18 Å². The zero-order chi connectivity index (χ0) is 15.6. The van der Waals surface area contributed by atoms with Crippen LogP contribution in [0.4, 0.5) is 10.1 Å². The highest BCUT2D eigenvalue weighted by atomic mass is 79.9. The lowest BCUT2D eigenvalue weighted by molar-refractivity contribution is -0.122. The highest BCUT2D eigenvalue weighted by molar-refractivity contribution is 9.10. The van der Waals surface area contributed by atoms with Crippen molar-refractivity contribution in [2.45, 2.75) is 25.7 Å². The van der Waals surface area contributed by atoms with Gasteiger partial charge >= 0.3 is 0 Å². The van der Waals surface area contributed by atoms with Gasteiger partial charge in [-0.1, -0.05) is 34.1 Å². The molecule has 0 saturated heterocycles. The molecule has 2 nitrogen and oxygen atoms in total. The monoisotopic (exact) mass is 349 g/mol. The maximum absolute atomic E-state index is 13.9. The average molecular weight is 350 g/mol. The first-order valence-electron chi connectivity index (χ1n) is 6.64. The van der Waals surface area contributed by atoms with Gasteiger partial charge in [0.15, 0.2) is 0 Å². The molecule has 0 bridgehead atoms. The van der Waals surface area contributed by atoms with Gasteiger partial charge in [0.25, 0.3) is 0 Å². The molecule has 2 rings (SSSR count). The highest BCUT2D eigenvalue weighted by Crippen LogP contribution is 2.27. The zero-order valence-corrected chi connectivity index (χ0v) is 13.6. The molecule has 0 amide bonds. The summed E-state index contributed by atoms with van der Waals surface area (Å²) in [6, 6.07) is 12.0. The first-order valence-corrected chi connectivity index (χ1v) is 7.43. The highest BCUT2D eigenvalue weighted by Gasteiger charge is 2.29. The Morgan fingerprint density at radius 3 is 2.38 bits per heavy atom. The Kier molecular flexibility index (Phi) is 4.47. The normalized spacial score (nSPS) is 11.4. The molecular formula is C17H17BrFNO. The lowest BCUT2D eigenvalue weighted by Gasteiger charge is -2.24. The molecule has 0 saturated carbocycles. The summed E-state index contributed by atoms with van der Waals surface area (Å²) in [5.74, 6) is -0.403.